The Labute approximate surface area is 123 Å². The molecule has 3 rings (SSSR count). The average Bonchev–Trinajstić information content (AvgIpc) is 2.91. The lowest BCUT2D eigenvalue weighted by atomic mass is 10.1. The van der Waals surface area contributed by atoms with Crippen LogP contribution in [0.2, 0.25) is 0 Å². The lowest BCUT2D eigenvalue weighted by Crippen LogP contribution is -2.33. The van der Waals surface area contributed by atoms with Gasteiger partial charge in [-0.1, -0.05) is 25.1 Å². The standard InChI is InChI=1S/C16H20N4O/c1-10-6-7-11(8-10)18-16(21)15-9-14(20-17)12-4-2-3-5-13(12)19-15/h2-5,9-11H,6-8,17H2,1H3,(H,18,21)(H,19,20). The Kier molecular flexibility index (Phi) is 3.75. The van der Waals surface area contributed by atoms with Crippen LogP contribution in [-0.2, 0) is 0 Å². The molecule has 1 amide bonds. The van der Waals surface area contributed by atoms with E-state index < -0.39 is 0 Å². The maximum atomic E-state index is 12.4. The van der Waals surface area contributed by atoms with E-state index in [4.69, 9.17) is 5.84 Å². The van der Waals surface area contributed by atoms with Gasteiger partial charge in [-0.25, -0.2) is 4.98 Å². The summed E-state index contributed by atoms with van der Waals surface area (Å²) in [6.07, 6.45) is 3.26. The van der Waals surface area contributed by atoms with Crippen molar-refractivity contribution in [1.82, 2.24) is 10.3 Å². The maximum Gasteiger partial charge on any atom is 0.270 e. The van der Waals surface area contributed by atoms with Gasteiger partial charge in [0, 0.05) is 11.4 Å². The minimum atomic E-state index is -0.128. The molecule has 1 aliphatic carbocycles. The number of anilines is 1. The number of hydrogen-bond acceptors (Lipinski definition) is 4. The van der Waals surface area contributed by atoms with Crippen molar-refractivity contribution in [2.24, 2.45) is 11.8 Å². The van der Waals surface area contributed by atoms with E-state index in [2.05, 4.69) is 22.7 Å². The van der Waals surface area contributed by atoms with Crippen LogP contribution >= 0.6 is 0 Å². The molecule has 1 saturated carbocycles. The molecular weight excluding hydrogens is 264 g/mol. The minimum absolute atomic E-state index is 0.128. The van der Waals surface area contributed by atoms with Crippen LogP contribution in [0.5, 0.6) is 0 Å². The van der Waals surface area contributed by atoms with E-state index in [-0.39, 0.29) is 11.9 Å². The SMILES string of the molecule is CC1CCC(NC(=O)c2cc(NN)c3ccccc3n2)C1. The van der Waals surface area contributed by atoms with Gasteiger partial charge in [0.15, 0.2) is 0 Å². The predicted octanol–water partition coefficient (Wildman–Crippen LogP) is 2.44. The molecule has 0 saturated heterocycles. The quantitative estimate of drug-likeness (QED) is 0.597. The summed E-state index contributed by atoms with van der Waals surface area (Å²) in [6.45, 7) is 2.22. The number of amides is 1. The van der Waals surface area contributed by atoms with Crippen LogP contribution in [0.25, 0.3) is 10.9 Å². The third-order valence-electron chi connectivity index (χ3n) is 4.13. The number of para-hydroxylation sites is 1. The van der Waals surface area contributed by atoms with Gasteiger partial charge in [-0.15, -0.1) is 0 Å². The van der Waals surface area contributed by atoms with Crippen LogP contribution < -0.4 is 16.6 Å². The molecule has 1 fully saturated rings. The van der Waals surface area contributed by atoms with Gasteiger partial charge in [0.05, 0.1) is 11.2 Å². The van der Waals surface area contributed by atoms with E-state index in [9.17, 15) is 4.79 Å². The Morgan fingerprint density at radius 3 is 2.86 bits per heavy atom. The van der Waals surface area contributed by atoms with Crippen LogP contribution in [0, 0.1) is 5.92 Å². The first kappa shape index (κ1) is 13.8. The number of benzene rings is 1. The number of fused-ring (bicyclic) bond motifs is 1. The lowest BCUT2D eigenvalue weighted by Gasteiger charge is -2.13. The first-order chi connectivity index (χ1) is 10.2. The molecule has 0 aliphatic heterocycles. The van der Waals surface area contributed by atoms with E-state index in [0.29, 0.717) is 17.3 Å². The highest BCUT2D eigenvalue weighted by atomic mass is 16.1. The van der Waals surface area contributed by atoms with Crippen LogP contribution in [0.3, 0.4) is 0 Å². The van der Waals surface area contributed by atoms with Gasteiger partial charge in [0.2, 0.25) is 0 Å². The molecule has 1 aromatic heterocycles. The minimum Gasteiger partial charge on any atom is -0.348 e. The average molecular weight is 284 g/mol. The maximum absolute atomic E-state index is 12.4. The van der Waals surface area contributed by atoms with Crippen molar-refractivity contribution in [3.8, 4) is 0 Å². The number of nitrogens with two attached hydrogens (primary N) is 1. The second kappa shape index (κ2) is 5.69. The highest BCUT2D eigenvalue weighted by Crippen LogP contribution is 2.26. The molecule has 5 heteroatoms. The Bertz CT molecular complexity index is 670. The van der Waals surface area contributed by atoms with Gasteiger partial charge in [0.1, 0.15) is 5.69 Å². The molecule has 1 aliphatic rings. The molecule has 1 aromatic carbocycles. The normalized spacial score (nSPS) is 21.4. The lowest BCUT2D eigenvalue weighted by molar-refractivity contribution is 0.0932. The van der Waals surface area contributed by atoms with Crippen molar-refractivity contribution in [2.75, 3.05) is 5.43 Å². The molecule has 2 atom stereocenters. The largest absolute Gasteiger partial charge is 0.348 e. The molecule has 1 heterocycles. The first-order valence-corrected chi connectivity index (χ1v) is 7.34. The fourth-order valence-corrected chi connectivity index (χ4v) is 3.01. The van der Waals surface area contributed by atoms with Crippen molar-refractivity contribution >= 4 is 22.5 Å². The van der Waals surface area contributed by atoms with Gasteiger partial charge < -0.3 is 10.7 Å². The summed E-state index contributed by atoms with van der Waals surface area (Å²) in [5.74, 6) is 6.11. The zero-order valence-corrected chi connectivity index (χ0v) is 12.1. The number of nitrogens with zero attached hydrogens (tertiary/aromatic N) is 1. The monoisotopic (exact) mass is 284 g/mol. The summed E-state index contributed by atoms with van der Waals surface area (Å²) in [5, 5.41) is 3.98. The Morgan fingerprint density at radius 2 is 2.14 bits per heavy atom. The number of rotatable bonds is 3. The second-order valence-electron chi connectivity index (χ2n) is 5.81. The summed E-state index contributed by atoms with van der Waals surface area (Å²) in [4.78, 5) is 16.8. The smallest absolute Gasteiger partial charge is 0.270 e. The molecule has 2 aromatic rings. The molecule has 110 valence electrons. The first-order valence-electron chi connectivity index (χ1n) is 7.34. The molecule has 5 nitrogen and oxygen atoms in total. The number of hydrazine groups is 1. The van der Waals surface area contributed by atoms with Gasteiger partial charge in [-0.2, -0.15) is 0 Å². The number of pyridine rings is 1. The van der Waals surface area contributed by atoms with Crippen LogP contribution in [0.1, 0.15) is 36.7 Å². The Morgan fingerprint density at radius 1 is 1.33 bits per heavy atom. The van der Waals surface area contributed by atoms with E-state index in [0.717, 1.165) is 23.7 Å². The van der Waals surface area contributed by atoms with Crippen molar-refractivity contribution in [2.45, 2.75) is 32.2 Å². The summed E-state index contributed by atoms with van der Waals surface area (Å²) >= 11 is 0. The van der Waals surface area contributed by atoms with Crippen molar-refractivity contribution in [1.29, 1.82) is 0 Å². The molecule has 21 heavy (non-hydrogen) atoms. The van der Waals surface area contributed by atoms with Crippen LogP contribution in [-0.4, -0.2) is 16.9 Å². The van der Waals surface area contributed by atoms with E-state index in [1.165, 1.54) is 6.42 Å². The van der Waals surface area contributed by atoms with Gasteiger partial charge in [0.25, 0.3) is 5.91 Å². The topological polar surface area (TPSA) is 80.0 Å². The molecule has 0 spiro atoms. The Balaban J connectivity index is 1.87. The molecular formula is C16H20N4O. The van der Waals surface area contributed by atoms with Gasteiger partial charge >= 0.3 is 0 Å². The zero-order chi connectivity index (χ0) is 14.8. The third kappa shape index (κ3) is 2.83. The number of nitrogens with one attached hydrogen (secondary N) is 2. The van der Waals surface area contributed by atoms with Crippen molar-refractivity contribution in [3.63, 3.8) is 0 Å². The zero-order valence-electron chi connectivity index (χ0n) is 12.1. The molecule has 4 N–H and O–H groups in total. The number of aromatic nitrogens is 1. The summed E-state index contributed by atoms with van der Waals surface area (Å²) < 4.78 is 0. The van der Waals surface area contributed by atoms with Crippen LogP contribution in [0.15, 0.2) is 30.3 Å². The van der Waals surface area contributed by atoms with E-state index in [1.54, 1.807) is 6.07 Å². The molecule has 0 bridgehead atoms. The summed E-state index contributed by atoms with van der Waals surface area (Å²) in [7, 11) is 0. The number of nitrogen functional groups attached to an aromatic ring is 1. The highest BCUT2D eigenvalue weighted by molar-refractivity contribution is 5.99. The van der Waals surface area contributed by atoms with Gasteiger partial charge in [-0.3, -0.25) is 10.6 Å². The number of carbonyl (C=O) groups excluding carboxylic acids is 1. The highest BCUT2D eigenvalue weighted by Gasteiger charge is 2.23. The number of hydrogen-bond donors (Lipinski definition) is 3. The van der Waals surface area contributed by atoms with E-state index in [1.807, 2.05) is 24.3 Å². The second-order valence-corrected chi connectivity index (χ2v) is 5.81. The summed E-state index contributed by atoms with van der Waals surface area (Å²) in [6, 6.07) is 9.59. The van der Waals surface area contributed by atoms with Crippen molar-refractivity contribution < 1.29 is 4.79 Å². The van der Waals surface area contributed by atoms with E-state index >= 15 is 0 Å². The summed E-state index contributed by atoms with van der Waals surface area (Å²) in [5.41, 5.74) is 4.53. The van der Waals surface area contributed by atoms with Crippen molar-refractivity contribution in [3.05, 3.63) is 36.0 Å². The third-order valence-corrected chi connectivity index (χ3v) is 4.13. The molecule has 0 radical (unpaired) electrons. The van der Waals surface area contributed by atoms with Gasteiger partial charge in [-0.05, 0) is 37.3 Å². The molecule has 2 unspecified atom stereocenters. The fourth-order valence-electron chi connectivity index (χ4n) is 3.01. The number of carbonyl (C=O) groups is 1. The van der Waals surface area contributed by atoms with Crippen LogP contribution in [0.4, 0.5) is 5.69 Å². The fraction of sp³-hybridized carbons (Fsp3) is 0.375. The predicted molar refractivity (Wildman–Crippen MR) is 83.8 cm³/mol. The Hall–Kier alpha value is -2.14.